The number of carbonyl (C=O) groups is 1. The van der Waals surface area contributed by atoms with E-state index in [-0.39, 0.29) is 24.2 Å². The van der Waals surface area contributed by atoms with Gasteiger partial charge in [-0.3, -0.25) is 0 Å². The van der Waals surface area contributed by atoms with E-state index in [0.717, 1.165) is 25.7 Å². The summed E-state index contributed by atoms with van der Waals surface area (Å²) < 4.78 is 5.42. The molecule has 1 N–H and O–H groups in total. The van der Waals surface area contributed by atoms with E-state index in [9.17, 15) is 9.90 Å². The van der Waals surface area contributed by atoms with Crippen molar-refractivity contribution in [2.45, 2.75) is 58.1 Å². The van der Waals surface area contributed by atoms with Crippen molar-refractivity contribution in [2.24, 2.45) is 5.41 Å². The van der Waals surface area contributed by atoms with Crippen LogP contribution in [0.3, 0.4) is 0 Å². The second-order valence-electron chi connectivity index (χ2n) is 6.52. The number of carbonyl (C=O) groups excluding carboxylic acids is 1. The molecule has 1 heterocycles. The molecule has 2 rings (SSSR count). The van der Waals surface area contributed by atoms with E-state index in [4.69, 9.17) is 4.74 Å². The normalized spacial score (nSPS) is 32.7. The van der Waals surface area contributed by atoms with Gasteiger partial charge in [0.05, 0.1) is 6.61 Å². The summed E-state index contributed by atoms with van der Waals surface area (Å²) in [4.78, 5) is 13.9. The van der Waals surface area contributed by atoms with Crippen LogP contribution in [0.2, 0.25) is 0 Å². The molecule has 2 atom stereocenters. The molecule has 1 aliphatic carbocycles. The molecule has 0 aromatic carbocycles. The van der Waals surface area contributed by atoms with Crippen LogP contribution >= 0.6 is 0 Å². The fraction of sp³-hybridized carbons (Fsp3) is 0.923. The summed E-state index contributed by atoms with van der Waals surface area (Å²) in [5, 5.41) is 9.52. The molecule has 2 aliphatic rings. The predicted octanol–water partition coefficient (Wildman–Crippen LogP) is 2.16. The standard InChI is InChI=1S/C13H23NO3/c1-12(2,3)17-11(16)14-8-13(9-15)6-4-5-10(14)7-13/h10,15H,4-9H2,1-3H3. The molecule has 98 valence electrons. The van der Waals surface area contributed by atoms with E-state index in [1.807, 2.05) is 25.7 Å². The average Bonchev–Trinajstić information content (AvgIpc) is 2.49. The van der Waals surface area contributed by atoms with E-state index < -0.39 is 5.60 Å². The van der Waals surface area contributed by atoms with Gasteiger partial charge < -0.3 is 14.7 Å². The van der Waals surface area contributed by atoms with Crippen LogP contribution in [0, 0.1) is 5.41 Å². The van der Waals surface area contributed by atoms with Crippen molar-refractivity contribution in [2.75, 3.05) is 13.2 Å². The first-order chi connectivity index (χ1) is 7.85. The summed E-state index contributed by atoms with van der Waals surface area (Å²) in [7, 11) is 0. The van der Waals surface area contributed by atoms with Gasteiger partial charge in [0.15, 0.2) is 0 Å². The zero-order valence-electron chi connectivity index (χ0n) is 11.0. The van der Waals surface area contributed by atoms with Gasteiger partial charge in [0.2, 0.25) is 0 Å². The third-order valence-corrected chi connectivity index (χ3v) is 3.82. The summed E-state index contributed by atoms with van der Waals surface area (Å²) in [5.41, 5.74) is -0.500. The van der Waals surface area contributed by atoms with E-state index in [2.05, 4.69) is 0 Å². The third-order valence-electron chi connectivity index (χ3n) is 3.82. The smallest absolute Gasteiger partial charge is 0.410 e. The first-order valence-electron chi connectivity index (χ1n) is 6.46. The van der Waals surface area contributed by atoms with Gasteiger partial charge in [0, 0.05) is 18.0 Å². The minimum Gasteiger partial charge on any atom is -0.444 e. The number of nitrogens with zero attached hydrogens (tertiary/aromatic N) is 1. The Morgan fingerprint density at radius 1 is 1.53 bits per heavy atom. The molecule has 1 amide bonds. The van der Waals surface area contributed by atoms with Crippen molar-refractivity contribution in [1.82, 2.24) is 4.90 Å². The minimum atomic E-state index is -0.444. The van der Waals surface area contributed by atoms with Gasteiger partial charge in [-0.05, 0) is 40.0 Å². The van der Waals surface area contributed by atoms with Crippen molar-refractivity contribution in [3.8, 4) is 0 Å². The second kappa shape index (κ2) is 4.16. The quantitative estimate of drug-likeness (QED) is 0.765. The summed E-state index contributed by atoms with van der Waals surface area (Å²) in [5.74, 6) is 0. The Morgan fingerprint density at radius 2 is 2.24 bits per heavy atom. The van der Waals surface area contributed by atoms with Crippen LogP contribution in [0.1, 0.15) is 46.5 Å². The number of hydrogen-bond donors (Lipinski definition) is 1. The Morgan fingerprint density at radius 3 is 2.76 bits per heavy atom. The molecule has 2 fully saturated rings. The molecule has 2 bridgehead atoms. The maximum atomic E-state index is 12.1. The number of likely N-dealkylation sites (tertiary alicyclic amines) is 1. The van der Waals surface area contributed by atoms with Gasteiger partial charge >= 0.3 is 6.09 Å². The molecule has 0 spiro atoms. The van der Waals surface area contributed by atoms with Crippen LogP contribution in [0.4, 0.5) is 4.79 Å². The molecule has 0 aromatic rings. The number of amides is 1. The highest BCUT2D eigenvalue weighted by Crippen LogP contribution is 2.45. The lowest BCUT2D eigenvalue weighted by atomic mass is 9.76. The van der Waals surface area contributed by atoms with Crippen molar-refractivity contribution in [3.05, 3.63) is 0 Å². The molecule has 1 aliphatic heterocycles. The third kappa shape index (κ3) is 2.57. The van der Waals surface area contributed by atoms with Gasteiger partial charge in [-0.25, -0.2) is 4.79 Å². The van der Waals surface area contributed by atoms with Crippen molar-refractivity contribution in [3.63, 3.8) is 0 Å². The molecule has 0 radical (unpaired) electrons. The zero-order chi connectivity index (χ0) is 12.7. The number of hydrogen-bond acceptors (Lipinski definition) is 3. The Bertz CT molecular complexity index is 310. The Hall–Kier alpha value is -0.770. The molecule has 2 unspecified atom stereocenters. The first kappa shape index (κ1) is 12.7. The van der Waals surface area contributed by atoms with E-state index in [0.29, 0.717) is 6.54 Å². The Kier molecular flexibility index (Phi) is 3.10. The SMILES string of the molecule is CC(C)(C)OC(=O)N1CC2(CO)CCCC1C2. The summed E-state index contributed by atoms with van der Waals surface area (Å²) in [6, 6.07) is 0.269. The molecule has 1 saturated heterocycles. The molecule has 1 saturated carbocycles. The molecule has 0 aromatic heterocycles. The fourth-order valence-electron chi connectivity index (χ4n) is 3.04. The van der Waals surface area contributed by atoms with Crippen molar-refractivity contribution < 1.29 is 14.6 Å². The largest absolute Gasteiger partial charge is 0.444 e. The molecule has 4 nitrogen and oxygen atoms in total. The lowest BCUT2D eigenvalue weighted by Crippen LogP contribution is -2.40. The van der Waals surface area contributed by atoms with Crippen LogP contribution in [0.25, 0.3) is 0 Å². The monoisotopic (exact) mass is 241 g/mol. The second-order valence-corrected chi connectivity index (χ2v) is 6.52. The highest BCUT2D eigenvalue weighted by atomic mass is 16.6. The van der Waals surface area contributed by atoms with Gasteiger partial charge in [-0.2, -0.15) is 0 Å². The molecule has 4 heteroatoms. The fourth-order valence-corrected chi connectivity index (χ4v) is 3.04. The molecular weight excluding hydrogens is 218 g/mol. The number of fused-ring (bicyclic) bond motifs is 2. The molecule has 17 heavy (non-hydrogen) atoms. The highest BCUT2D eigenvalue weighted by molar-refractivity contribution is 5.69. The van der Waals surface area contributed by atoms with Crippen LogP contribution in [-0.4, -0.2) is 40.9 Å². The van der Waals surface area contributed by atoms with Crippen LogP contribution < -0.4 is 0 Å². The van der Waals surface area contributed by atoms with Crippen LogP contribution in [0.5, 0.6) is 0 Å². The average molecular weight is 241 g/mol. The van der Waals surface area contributed by atoms with E-state index in [1.54, 1.807) is 0 Å². The van der Waals surface area contributed by atoms with E-state index >= 15 is 0 Å². The highest BCUT2D eigenvalue weighted by Gasteiger charge is 2.48. The number of rotatable bonds is 1. The molecular formula is C13H23NO3. The van der Waals surface area contributed by atoms with Gasteiger partial charge in [-0.1, -0.05) is 6.42 Å². The zero-order valence-corrected chi connectivity index (χ0v) is 11.0. The maximum absolute atomic E-state index is 12.1. The lowest BCUT2D eigenvalue weighted by Gasteiger charge is -2.29. The van der Waals surface area contributed by atoms with E-state index in [1.165, 1.54) is 0 Å². The summed E-state index contributed by atoms with van der Waals surface area (Å²) in [6.45, 7) is 6.49. The number of aliphatic hydroxyl groups excluding tert-OH is 1. The maximum Gasteiger partial charge on any atom is 0.410 e. The van der Waals surface area contributed by atoms with Gasteiger partial charge in [0.25, 0.3) is 0 Å². The minimum absolute atomic E-state index is 0.0557. The Labute approximate surface area is 103 Å². The van der Waals surface area contributed by atoms with Gasteiger partial charge in [0.1, 0.15) is 5.60 Å². The van der Waals surface area contributed by atoms with Crippen molar-refractivity contribution >= 4 is 6.09 Å². The van der Waals surface area contributed by atoms with Crippen LogP contribution in [0.15, 0.2) is 0 Å². The lowest BCUT2D eigenvalue weighted by molar-refractivity contribution is 0.0211. The van der Waals surface area contributed by atoms with Crippen LogP contribution in [-0.2, 0) is 4.74 Å². The first-order valence-corrected chi connectivity index (χ1v) is 6.46. The number of ether oxygens (including phenoxy) is 1. The predicted molar refractivity (Wildman–Crippen MR) is 64.7 cm³/mol. The number of aliphatic hydroxyl groups is 1. The summed E-state index contributed by atoms with van der Waals surface area (Å²) in [6.07, 6.45) is 3.88. The summed E-state index contributed by atoms with van der Waals surface area (Å²) >= 11 is 0. The topological polar surface area (TPSA) is 49.8 Å². The van der Waals surface area contributed by atoms with Crippen molar-refractivity contribution in [1.29, 1.82) is 0 Å². The Balaban J connectivity index is 2.06. The van der Waals surface area contributed by atoms with Gasteiger partial charge in [-0.15, -0.1) is 0 Å².